The lowest BCUT2D eigenvalue weighted by Gasteiger charge is -2.33. The van der Waals surface area contributed by atoms with Crippen LogP contribution in [0.5, 0.6) is 11.5 Å². The van der Waals surface area contributed by atoms with Crippen molar-refractivity contribution in [1.82, 2.24) is 9.47 Å². The number of amides is 1. The molecule has 1 amide bonds. The van der Waals surface area contributed by atoms with Gasteiger partial charge in [-0.05, 0) is 65.6 Å². The van der Waals surface area contributed by atoms with Gasteiger partial charge in [0.05, 0.1) is 14.2 Å². The number of benzene rings is 4. The molecule has 1 aromatic heterocycles. The van der Waals surface area contributed by atoms with E-state index >= 15 is 0 Å². The summed E-state index contributed by atoms with van der Waals surface area (Å²) in [5.74, 6) is 2.11. The summed E-state index contributed by atoms with van der Waals surface area (Å²) in [4.78, 5) is 16.1. The Morgan fingerprint density at radius 1 is 0.791 bits per heavy atom. The van der Waals surface area contributed by atoms with E-state index < -0.39 is 0 Å². The Morgan fingerprint density at radius 2 is 1.40 bits per heavy atom. The minimum absolute atomic E-state index is 0.152. The van der Waals surface area contributed by atoms with Crippen LogP contribution in [0.4, 0.5) is 0 Å². The van der Waals surface area contributed by atoms with Gasteiger partial charge in [0.15, 0.2) is 0 Å². The summed E-state index contributed by atoms with van der Waals surface area (Å²) in [5, 5.41) is 1.17. The molecule has 5 aromatic rings. The molecular formula is C38H40N2O3. The van der Waals surface area contributed by atoms with E-state index in [1.165, 1.54) is 16.5 Å². The number of carbonyl (C=O) groups excluding carboxylic acids is 1. The number of hydrogen-bond donors (Lipinski definition) is 0. The Morgan fingerprint density at radius 3 is 2.05 bits per heavy atom. The Balaban J connectivity index is 1.30. The summed E-state index contributed by atoms with van der Waals surface area (Å²) in [6.07, 6.45) is 5.78. The number of carbonyl (C=O) groups is 1. The molecule has 5 nitrogen and oxygen atoms in total. The lowest BCUT2D eigenvalue weighted by molar-refractivity contribution is -0.132. The van der Waals surface area contributed by atoms with E-state index in [9.17, 15) is 4.79 Å². The Hall–Kier alpha value is -4.51. The molecule has 0 N–H and O–H groups in total. The van der Waals surface area contributed by atoms with E-state index in [-0.39, 0.29) is 11.8 Å². The molecule has 1 aliphatic rings. The maximum absolute atomic E-state index is 14.0. The third kappa shape index (κ3) is 6.61. The highest BCUT2D eigenvalue weighted by Crippen LogP contribution is 2.39. The van der Waals surface area contributed by atoms with Crippen LogP contribution in [0.1, 0.15) is 47.4 Å². The van der Waals surface area contributed by atoms with Crippen molar-refractivity contribution in [2.24, 2.45) is 5.92 Å². The van der Waals surface area contributed by atoms with Gasteiger partial charge in [0.2, 0.25) is 5.91 Å². The van der Waals surface area contributed by atoms with Gasteiger partial charge >= 0.3 is 0 Å². The smallest absolute Gasteiger partial charge is 0.223 e. The van der Waals surface area contributed by atoms with Gasteiger partial charge in [-0.15, -0.1) is 0 Å². The minimum atomic E-state index is -0.152. The molecule has 2 heterocycles. The van der Waals surface area contributed by atoms with Crippen molar-refractivity contribution in [3.63, 3.8) is 0 Å². The van der Waals surface area contributed by atoms with Crippen LogP contribution in [0, 0.1) is 5.92 Å². The number of piperidine rings is 1. The second-order valence-electron chi connectivity index (χ2n) is 11.6. The third-order valence-electron chi connectivity index (χ3n) is 8.88. The van der Waals surface area contributed by atoms with Crippen LogP contribution in [-0.4, -0.2) is 42.7 Å². The average Bonchev–Trinajstić information content (AvgIpc) is 3.42. The SMILES string of the molecule is COc1cc(OC)cc(C(CC(=O)N2CCC(Cc3ccccc3)CC2)c2cn(Cc3ccccc3)c3ccccc23)c1. The van der Waals surface area contributed by atoms with Crippen LogP contribution in [0.15, 0.2) is 109 Å². The molecule has 1 fully saturated rings. The van der Waals surface area contributed by atoms with E-state index in [4.69, 9.17) is 9.47 Å². The first kappa shape index (κ1) is 28.6. The molecule has 6 rings (SSSR count). The van der Waals surface area contributed by atoms with Crippen molar-refractivity contribution >= 4 is 16.8 Å². The fourth-order valence-electron chi connectivity index (χ4n) is 6.54. The molecule has 1 aliphatic heterocycles. The number of hydrogen-bond acceptors (Lipinski definition) is 3. The molecule has 4 aromatic carbocycles. The summed E-state index contributed by atoms with van der Waals surface area (Å²) in [6.45, 7) is 2.37. The predicted octanol–water partition coefficient (Wildman–Crippen LogP) is 7.71. The second kappa shape index (κ2) is 13.2. The van der Waals surface area contributed by atoms with Crippen LogP contribution in [0.25, 0.3) is 10.9 Å². The zero-order chi connectivity index (χ0) is 29.6. The standard InChI is InChI=1S/C38H40N2O3/c1-42-32-22-31(23-33(24-32)43-2)35(25-38(41)39-19-17-29(18-20-39)21-28-11-5-3-6-12-28)36-27-40(26-30-13-7-4-8-14-30)37-16-10-9-15-34(36)37/h3-16,22-24,27,29,35H,17-21,25-26H2,1-2H3. The molecular weight excluding hydrogens is 532 g/mol. The fourth-order valence-corrected chi connectivity index (χ4v) is 6.54. The average molecular weight is 573 g/mol. The molecule has 1 atom stereocenters. The van der Waals surface area contributed by atoms with Crippen molar-refractivity contribution in [3.8, 4) is 11.5 Å². The van der Waals surface area contributed by atoms with Crippen LogP contribution < -0.4 is 9.47 Å². The quantitative estimate of drug-likeness (QED) is 0.172. The van der Waals surface area contributed by atoms with Crippen LogP contribution in [-0.2, 0) is 17.8 Å². The molecule has 5 heteroatoms. The molecule has 1 saturated heterocycles. The molecule has 0 saturated carbocycles. The maximum atomic E-state index is 14.0. The van der Waals surface area contributed by atoms with E-state index in [2.05, 4.69) is 107 Å². The van der Waals surface area contributed by atoms with Gasteiger partial charge in [0.1, 0.15) is 11.5 Å². The van der Waals surface area contributed by atoms with Crippen molar-refractivity contribution in [1.29, 1.82) is 0 Å². The molecule has 43 heavy (non-hydrogen) atoms. The van der Waals surface area contributed by atoms with E-state index in [0.717, 1.165) is 67.0 Å². The molecule has 0 spiro atoms. The highest BCUT2D eigenvalue weighted by atomic mass is 16.5. The molecule has 0 aliphatic carbocycles. The molecule has 220 valence electrons. The lowest BCUT2D eigenvalue weighted by atomic mass is 9.86. The van der Waals surface area contributed by atoms with Gasteiger partial charge < -0.3 is 18.9 Å². The minimum Gasteiger partial charge on any atom is -0.497 e. The topological polar surface area (TPSA) is 43.7 Å². The van der Waals surface area contributed by atoms with E-state index in [0.29, 0.717) is 12.3 Å². The van der Waals surface area contributed by atoms with Gasteiger partial charge in [-0.2, -0.15) is 0 Å². The van der Waals surface area contributed by atoms with Gasteiger partial charge in [0.25, 0.3) is 0 Å². The first-order valence-electron chi connectivity index (χ1n) is 15.3. The number of para-hydroxylation sites is 1. The van der Waals surface area contributed by atoms with Gasteiger partial charge in [-0.3, -0.25) is 4.79 Å². The van der Waals surface area contributed by atoms with Crippen molar-refractivity contribution < 1.29 is 14.3 Å². The van der Waals surface area contributed by atoms with Crippen LogP contribution >= 0.6 is 0 Å². The monoisotopic (exact) mass is 572 g/mol. The number of aromatic nitrogens is 1. The predicted molar refractivity (Wildman–Crippen MR) is 173 cm³/mol. The Labute approximate surface area is 254 Å². The fraction of sp³-hybridized carbons (Fsp3) is 0.289. The summed E-state index contributed by atoms with van der Waals surface area (Å²) < 4.78 is 13.6. The zero-order valence-electron chi connectivity index (χ0n) is 25.1. The number of ether oxygens (including phenoxy) is 2. The molecule has 0 bridgehead atoms. The Bertz CT molecular complexity index is 1630. The second-order valence-corrected chi connectivity index (χ2v) is 11.6. The summed E-state index contributed by atoms with van der Waals surface area (Å²) >= 11 is 0. The van der Waals surface area contributed by atoms with E-state index in [1.54, 1.807) is 14.2 Å². The van der Waals surface area contributed by atoms with Gasteiger partial charge in [-0.1, -0.05) is 78.9 Å². The summed E-state index contributed by atoms with van der Waals surface area (Å²) in [6, 6.07) is 35.7. The number of likely N-dealkylation sites (tertiary alicyclic amines) is 1. The first-order valence-corrected chi connectivity index (χ1v) is 15.3. The van der Waals surface area contributed by atoms with Crippen molar-refractivity contribution in [2.45, 2.75) is 38.1 Å². The summed E-state index contributed by atoms with van der Waals surface area (Å²) in [5.41, 5.74) is 5.95. The number of fused-ring (bicyclic) bond motifs is 1. The van der Waals surface area contributed by atoms with Crippen LogP contribution in [0.3, 0.4) is 0 Å². The van der Waals surface area contributed by atoms with Gasteiger partial charge in [0, 0.05) is 55.1 Å². The number of rotatable bonds is 10. The Kier molecular flexibility index (Phi) is 8.78. The zero-order valence-corrected chi connectivity index (χ0v) is 25.1. The summed E-state index contributed by atoms with van der Waals surface area (Å²) in [7, 11) is 3.34. The van der Waals surface area contributed by atoms with E-state index in [1.807, 2.05) is 12.1 Å². The normalized spacial score (nSPS) is 14.5. The molecule has 0 radical (unpaired) electrons. The third-order valence-corrected chi connectivity index (χ3v) is 8.88. The maximum Gasteiger partial charge on any atom is 0.223 e. The van der Waals surface area contributed by atoms with Gasteiger partial charge in [-0.25, -0.2) is 0 Å². The highest BCUT2D eigenvalue weighted by molar-refractivity contribution is 5.87. The lowest BCUT2D eigenvalue weighted by Crippen LogP contribution is -2.39. The van der Waals surface area contributed by atoms with Crippen molar-refractivity contribution in [2.75, 3.05) is 27.3 Å². The largest absolute Gasteiger partial charge is 0.497 e. The number of methoxy groups -OCH3 is 2. The molecule has 1 unspecified atom stereocenters. The highest BCUT2D eigenvalue weighted by Gasteiger charge is 2.29. The van der Waals surface area contributed by atoms with Crippen molar-refractivity contribution in [3.05, 3.63) is 132 Å². The van der Waals surface area contributed by atoms with Crippen LogP contribution in [0.2, 0.25) is 0 Å². The first-order chi connectivity index (χ1) is 21.1. The number of nitrogens with zero attached hydrogens (tertiary/aromatic N) is 2.